The molecule has 84 valence electrons. The van der Waals surface area contributed by atoms with Gasteiger partial charge in [-0.25, -0.2) is 0 Å². The fourth-order valence-electron chi connectivity index (χ4n) is 1.12. The largest absolute Gasteiger partial charge is 0.465 e. The normalized spacial score (nSPS) is 9.12. The highest BCUT2D eigenvalue weighted by atomic mass is 16.5. The Morgan fingerprint density at radius 1 is 1.38 bits per heavy atom. The van der Waals surface area contributed by atoms with Crippen LogP contribution >= 0.6 is 0 Å². The zero-order valence-corrected chi connectivity index (χ0v) is 9.19. The smallest absolute Gasteiger partial charge is 0.317 e. The minimum atomic E-state index is -0.304. The fourth-order valence-corrected chi connectivity index (χ4v) is 1.12. The molecule has 0 bridgehead atoms. The number of esters is 1. The first-order valence-electron chi connectivity index (χ1n) is 5.10. The maximum atomic E-state index is 11.0. The Bertz CT molecular complexity index is 395. The number of carbonyl (C=O) groups is 1. The quantitative estimate of drug-likeness (QED) is 0.617. The molecule has 0 fully saturated rings. The molecule has 1 N–H and O–H groups in total. The molecule has 0 saturated carbocycles. The first-order valence-corrected chi connectivity index (χ1v) is 5.10. The lowest BCUT2D eigenvalue weighted by Crippen LogP contribution is -2.01. The van der Waals surface area contributed by atoms with Crippen LogP contribution in [0.2, 0.25) is 0 Å². The summed E-state index contributed by atoms with van der Waals surface area (Å²) in [5.74, 6) is 5.29. The van der Waals surface area contributed by atoms with Crippen LogP contribution in [0.3, 0.4) is 0 Å². The van der Waals surface area contributed by atoms with Gasteiger partial charge in [0.25, 0.3) is 0 Å². The minimum absolute atomic E-state index is 0.0243. The number of aliphatic hydroxyl groups excluding tert-OH is 1. The number of benzene rings is 1. The molecule has 0 heterocycles. The average molecular weight is 218 g/mol. The summed E-state index contributed by atoms with van der Waals surface area (Å²) in [6, 6.07) is 7.22. The van der Waals surface area contributed by atoms with E-state index >= 15 is 0 Å². The van der Waals surface area contributed by atoms with Crippen molar-refractivity contribution in [1.82, 2.24) is 0 Å². The molecule has 16 heavy (non-hydrogen) atoms. The topological polar surface area (TPSA) is 46.5 Å². The van der Waals surface area contributed by atoms with Gasteiger partial charge < -0.3 is 9.84 Å². The minimum Gasteiger partial charge on any atom is -0.465 e. The Morgan fingerprint density at radius 3 is 2.62 bits per heavy atom. The summed E-state index contributed by atoms with van der Waals surface area (Å²) >= 11 is 0. The molecule has 0 aliphatic heterocycles. The number of hydrogen-bond acceptors (Lipinski definition) is 3. The van der Waals surface area contributed by atoms with Gasteiger partial charge in [0.15, 0.2) is 0 Å². The third-order valence-electron chi connectivity index (χ3n) is 1.91. The van der Waals surface area contributed by atoms with Gasteiger partial charge >= 0.3 is 5.97 Å². The first kappa shape index (κ1) is 12.3. The van der Waals surface area contributed by atoms with Gasteiger partial charge in [0.2, 0.25) is 0 Å². The van der Waals surface area contributed by atoms with Crippen LogP contribution in [0.25, 0.3) is 0 Å². The molecule has 0 aromatic heterocycles. The second kappa shape index (κ2) is 6.65. The second-order valence-corrected chi connectivity index (χ2v) is 3.14. The van der Waals surface area contributed by atoms with Crippen LogP contribution in [0, 0.1) is 11.8 Å². The predicted octanol–water partition coefficient (Wildman–Crippen LogP) is 1.48. The molecule has 1 rings (SSSR count). The lowest BCUT2D eigenvalue weighted by molar-refractivity contribution is -0.141. The van der Waals surface area contributed by atoms with Crippen molar-refractivity contribution in [3.05, 3.63) is 35.4 Å². The van der Waals surface area contributed by atoms with Crippen LogP contribution in [-0.2, 0) is 16.1 Å². The van der Waals surface area contributed by atoms with Crippen LogP contribution in [0.5, 0.6) is 0 Å². The molecular weight excluding hydrogens is 204 g/mol. The van der Waals surface area contributed by atoms with E-state index in [2.05, 4.69) is 11.8 Å². The van der Waals surface area contributed by atoms with Gasteiger partial charge in [0.05, 0.1) is 13.2 Å². The Kier molecular flexibility index (Phi) is 5.10. The molecule has 0 radical (unpaired) electrons. The van der Waals surface area contributed by atoms with E-state index < -0.39 is 0 Å². The summed E-state index contributed by atoms with van der Waals surface area (Å²) in [6.45, 7) is 2.17. The lowest BCUT2D eigenvalue weighted by atomic mass is 10.1. The number of hydrogen-bond donors (Lipinski definition) is 1. The molecule has 0 aliphatic rings. The van der Waals surface area contributed by atoms with Crippen molar-refractivity contribution in [2.24, 2.45) is 0 Å². The van der Waals surface area contributed by atoms with E-state index in [4.69, 9.17) is 9.84 Å². The van der Waals surface area contributed by atoms with Crippen LogP contribution in [-0.4, -0.2) is 17.7 Å². The summed E-state index contributed by atoms with van der Waals surface area (Å²) in [7, 11) is 0. The van der Waals surface area contributed by atoms with Crippen LogP contribution in [0.4, 0.5) is 0 Å². The van der Waals surface area contributed by atoms with Crippen molar-refractivity contribution in [3.63, 3.8) is 0 Å². The van der Waals surface area contributed by atoms with Gasteiger partial charge in [0, 0.05) is 5.56 Å². The van der Waals surface area contributed by atoms with Gasteiger partial charge in [-0.1, -0.05) is 24.0 Å². The van der Waals surface area contributed by atoms with E-state index in [0.29, 0.717) is 6.61 Å². The maximum Gasteiger partial charge on any atom is 0.317 e. The van der Waals surface area contributed by atoms with Crippen LogP contribution in [0.1, 0.15) is 24.5 Å². The summed E-state index contributed by atoms with van der Waals surface area (Å²) in [5.41, 5.74) is 1.66. The van der Waals surface area contributed by atoms with Crippen LogP contribution in [0.15, 0.2) is 24.3 Å². The highest BCUT2D eigenvalue weighted by molar-refractivity contribution is 5.72. The average Bonchev–Trinajstić information content (AvgIpc) is 2.30. The zero-order chi connectivity index (χ0) is 11.8. The van der Waals surface area contributed by atoms with Gasteiger partial charge in [-0.15, -0.1) is 0 Å². The highest BCUT2D eigenvalue weighted by Crippen LogP contribution is 2.02. The van der Waals surface area contributed by atoms with Gasteiger partial charge in [-0.05, 0) is 24.6 Å². The molecule has 1 aromatic carbocycles. The van der Waals surface area contributed by atoms with Crippen molar-refractivity contribution in [3.8, 4) is 11.8 Å². The number of ether oxygens (including phenoxy) is 1. The Morgan fingerprint density at radius 2 is 2.06 bits per heavy atom. The molecule has 1 aromatic rings. The predicted molar refractivity (Wildman–Crippen MR) is 60.5 cm³/mol. The SMILES string of the molecule is CCOC(=O)CC#Cc1ccc(CO)cc1. The molecule has 0 unspecified atom stereocenters. The third kappa shape index (κ3) is 4.16. The van der Waals surface area contributed by atoms with E-state index in [-0.39, 0.29) is 19.0 Å². The Hall–Kier alpha value is -1.79. The van der Waals surface area contributed by atoms with Crippen molar-refractivity contribution in [1.29, 1.82) is 0 Å². The van der Waals surface area contributed by atoms with Gasteiger partial charge in [-0.3, -0.25) is 4.79 Å². The molecule has 3 heteroatoms. The molecular formula is C13H14O3. The van der Waals surface area contributed by atoms with E-state index in [1.807, 2.05) is 12.1 Å². The Balaban J connectivity index is 2.53. The molecule has 0 spiro atoms. The van der Waals surface area contributed by atoms with E-state index in [9.17, 15) is 4.79 Å². The van der Waals surface area contributed by atoms with Gasteiger partial charge in [-0.2, -0.15) is 0 Å². The number of aliphatic hydroxyl groups is 1. The van der Waals surface area contributed by atoms with Crippen molar-refractivity contribution >= 4 is 5.97 Å². The first-order chi connectivity index (χ1) is 7.76. The lowest BCUT2D eigenvalue weighted by Gasteiger charge is -1.96. The van der Waals surface area contributed by atoms with Crippen LogP contribution < -0.4 is 0 Å². The second-order valence-electron chi connectivity index (χ2n) is 3.14. The number of carbonyl (C=O) groups excluding carboxylic acids is 1. The molecule has 0 aliphatic carbocycles. The van der Waals surface area contributed by atoms with Crippen molar-refractivity contribution in [2.75, 3.05) is 6.61 Å². The highest BCUT2D eigenvalue weighted by Gasteiger charge is 1.96. The van der Waals surface area contributed by atoms with E-state index in [1.165, 1.54) is 0 Å². The standard InChI is InChI=1S/C13H14O3/c1-2-16-13(15)5-3-4-11-6-8-12(10-14)9-7-11/h6-9,14H,2,5,10H2,1H3. The fraction of sp³-hybridized carbons (Fsp3) is 0.308. The monoisotopic (exact) mass is 218 g/mol. The van der Waals surface area contributed by atoms with Crippen molar-refractivity contribution < 1.29 is 14.6 Å². The third-order valence-corrected chi connectivity index (χ3v) is 1.91. The molecule has 0 amide bonds. The summed E-state index contributed by atoms with van der Waals surface area (Å²) in [4.78, 5) is 11.0. The summed E-state index contributed by atoms with van der Waals surface area (Å²) in [5, 5.41) is 8.84. The molecule has 0 atom stereocenters. The van der Waals surface area contributed by atoms with E-state index in [0.717, 1.165) is 11.1 Å². The summed E-state index contributed by atoms with van der Waals surface area (Å²) < 4.78 is 4.74. The zero-order valence-electron chi connectivity index (χ0n) is 9.19. The number of rotatable bonds is 3. The van der Waals surface area contributed by atoms with Crippen molar-refractivity contribution in [2.45, 2.75) is 20.0 Å². The van der Waals surface area contributed by atoms with Gasteiger partial charge in [0.1, 0.15) is 6.42 Å². The molecule has 0 saturated heterocycles. The Labute approximate surface area is 95.1 Å². The summed E-state index contributed by atoms with van der Waals surface area (Å²) in [6.07, 6.45) is 0.107. The molecule has 3 nitrogen and oxygen atoms in total. The van der Waals surface area contributed by atoms with E-state index in [1.54, 1.807) is 19.1 Å². The maximum absolute atomic E-state index is 11.0.